The molecular formula is C13H26N2O3. The molecule has 0 aromatic carbocycles. The molecule has 1 atom stereocenters. The van der Waals surface area contributed by atoms with Crippen LogP contribution in [0.2, 0.25) is 0 Å². The number of ether oxygens (including phenoxy) is 1. The Bertz CT molecular complexity index is 278. The number of aliphatic hydroxyl groups is 1. The molecule has 1 fully saturated rings. The van der Waals surface area contributed by atoms with Crippen molar-refractivity contribution in [2.45, 2.75) is 51.2 Å². The normalized spacial score (nSPS) is 23.4. The lowest BCUT2D eigenvalue weighted by molar-refractivity contribution is -0.132. The van der Waals surface area contributed by atoms with Crippen LogP contribution in [0.15, 0.2) is 0 Å². The van der Waals surface area contributed by atoms with E-state index < -0.39 is 11.7 Å². The number of amides is 1. The van der Waals surface area contributed by atoms with Gasteiger partial charge in [-0.2, -0.15) is 0 Å². The molecule has 0 aromatic heterocycles. The van der Waals surface area contributed by atoms with Gasteiger partial charge in [0.15, 0.2) is 0 Å². The maximum absolute atomic E-state index is 11.7. The molecule has 18 heavy (non-hydrogen) atoms. The Morgan fingerprint density at radius 2 is 1.94 bits per heavy atom. The lowest BCUT2D eigenvalue weighted by atomic mass is 9.71. The standard InChI is InChI=1S/C13H26N2O3/c1-12(2)4-6-13(17,7-5-12)9-15-11(16)10(8-14)18-3/h10,17H,4-9,14H2,1-3H3,(H,15,16). The van der Waals surface area contributed by atoms with Crippen molar-refractivity contribution < 1.29 is 14.6 Å². The summed E-state index contributed by atoms with van der Waals surface area (Å²) in [4.78, 5) is 11.7. The van der Waals surface area contributed by atoms with Gasteiger partial charge in [-0.15, -0.1) is 0 Å². The van der Waals surface area contributed by atoms with Crippen molar-refractivity contribution in [2.24, 2.45) is 11.1 Å². The zero-order valence-corrected chi connectivity index (χ0v) is 11.7. The summed E-state index contributed by atoms with van der Waals surface area (Å²) in [5, 5.41) is 13.1. The van der Waals surface area contributed by atoms with Gasteiger partial charge in [-0.05, 0) is 31.1 Å². The molecule has 1 saturated carbocycles. The van der Waals surface area contributed by atoms with Gasteiger partial charge < -0.3 is 20.9 Å². The van der Waals surface area contributed by atoms with Gasteiger partial charge >= 0.3 is 0 Å². The van der Waals surface area contributed by atoms with E-state index in [1.165, 1.54) is 7.11 Å². The first-order valence-electron chi connectivity index (χ1n) is 6.55. The van der Waals surface area contributed by atoms with Crippen LogP contribution in [0.3, 0.4) is 0 Å². The SMILES string of the molecule is COC(CN)C(=O)NCC1(O)CCC(C)(C)CC1. The van der Waals surface area contributed by atoms with Gasteiger partial charge in [0.1, 0.15) is 6.10 Å². The van der Waals surface area contributed by atoms with Crippen molar-refractivity contribution in [1.82, 2.24) is 5.32 Å². The van der Waals surface area contributed by atoms with Crippen molar-refractivity contribution >= 4 is 5.91 Å². The number of rotatable bonds is 5. The Morgan fingerprint density at radius 1 is 1.39 bits per heavy atom. The molecule has 1 rings (SSSR count). The first-order valence-corrected chi connectivity index (χ1v) is 6.55. The molecule has 0 aliphatic heterocycles. The minimum Gasteiger partial charge on any atom is -0.388 e. The predicted octanol–water partition coefficient (Wildman–Crippen LogP) is 0.408. The van der Waals surface area contributed by atoms with Gasteiger partial charge in [0, 0.05) is 20.2 Å². The van der Waals surface area contributed by atoms with Gasteiger partial charge in [0.05, 0.1) is 5.60 Å². The van der Waals surface area contributed by atoms with Gasteiger partial charge in [-0.25, -0.2) is 0 Å². The molecule has 106 valence electrons. The van der Waals surface area contributed by atoms with Crippen LogP contribution < -0.4 is 11.1 Å². The van der Waals surface area contributed by atoms with E-state index in [0.29, 0.717) is 5.41 Å². The molecule has 0 heterocycles. The fourth-order valence-corrected chi connectivity index (χ4v) is 2.24. The van der Waals surface area contributed by atoms with Crippen molar-refractivity contribution in [3.05, 3.63) is 0 Å². The van der Waals surface area contributed by atoms with Gasteiger partial charge in [0.2, 0.25) is 0 Å². The number of hydrogen-bond acceptors (Lipinski definition) is 4. The van der Waals surface area contributed by atoms with E-state index in [-0.39, 0.29) is 19.0 Å². The third-order valence-electron chi connectivity index (χ3n) is 3.92. The van der Waals surface area contributed by atoms with E-state index in [1.54, 1.807) is 0 Å². The number of nitrogens with two attached hydrogens (primary N) is 1. The zero-order valence-electron chi connectivity index (χ0n) is 11.7. The van der Waals surface area contributed by atoms with E-state index in [1.807, 2.05) is 0 Å². The zero-order chi connectivity index (χ0) is 13.8. The molecule has 0 radical (unpaired) electrons. The Morgan fingerprint density at radius 3 is 2.39 bits per heavy atom. The molecule has 5 heteroatoms. The summed E-state index contributed by atoms with van der Waals surface area (Å²) in [6.45, 7) is 4.84. The highest BCUT2D eigenvalue weighted by Gasteiger charge is 2.37. The van der Waals surface area contributed by atoms with Gasteiger partial charge in [-0.1, -0.05) is 13.8 Å². The monoisotopic (exact) mass is 258 g/mol. The van der Waals surface area contributed by atoms with Gasteiger partial charge in [-0.3, -0.25) is 4.79 Å². The highest BCUT2D eigenvalue weighted by Crippen LogP contribution is 2.39. The third-order valence-corrected chi connectivity index (χ3v) is 3.92. The van der Waals surface area contributed by atoms with Crippen molar-refractivity contribution in [3.63, 3.8) is 0 Å². The summed E-state index contributed by atoms with van der Waals surface area (Å²) in [6.07, 6.45) is 2.77. The molecule has 0 spiro atoms. The second-order valence-electron chi connectivity index (χ2n) is 6.07. The second-order valence-corrected chi connectivity index (χ2v) is 6.07. The van der Waals surface area contributed by atoms with Crippen LogP contribution in [0, 0.1) is 5.41 Å². The molecule has 0 bridgehead atoms. The minimum atomic E-state index is -0.780. The third kappa shape index (κ3) is 4.23. The fraction of sp³-hybridized carbons (Fsp3) is 0.923. The first-order chi connectivity index (χ1) is 8.32. The van der Waals surface area contributed by atoms with Gasteiger partial charge in [0.25, 0.3) is 5.91 Å². The molecule has 5 nitrogen and oxygen atoms in total. The number of carbonyl (C=O) groups excluding carboxylic acids is 1. The smallest absolute Gasteiger partial charge is 0.250 e. The Labute approximate surface area is 109 Å². The van der Waals surface area contributed by atoms with Crippen molar-refractivity contribution in [2.75, 3.05) is 20.2 Å². The summed E-state index contributed by atoms with van der Waals surface area (Å²) in [6, 6.07) is 0. The van der Waals surface area contributed by atoms with Crippen LogP contribution >= 0.6 is 0 Å². The summed E-state index contributed by atoms with van der Waals surface area (Å²) in [7, 11) is 1.45. The Balaban J connectivity index is 2.41. The van der Waals surface area contributed by atoms with Crippen LogP contribution in [-0.4, -0.2) is 42.9 Å². The summed E-state index contributed by atoms with van der Waals surface area (Å²) >= 11 is 0. The minimum absolute atomic E-state index is 0.147. The highest BCUT2D eigenvalue weighted by molar-refractivity contribution is 5.81. The summed E-state index contributed by atoms with van der Waals surface area (Å²) < 4.78 is 4.95. The van der Waals surface area contributed by atoms with Crippen LogP contribution in [0.25, 0.3) is 0 Å². The van der Waals surface area contributed by atoms with E-state index in [9.17, 15) is 9.90 Å². The van der Waals surface area contributed by atoms with Crippen LogP contribution in [0.5, 0.6) is 0 Å². The van der Waals surface area contributed by atoms with E-state index in [0.717, 1.165) is 25.7 Å². The van der Waals surface area contributed by atoms with Crippen LogP contribution in [0.1, 0.15) is 39.5 Å². The average Bonchev–Trinajstić information content (AvgIpc) is 2.33. The average molecular weight is 258 g/mol. The first kappa shape index (κ1) is 15.4. The van der Waals surface area contributed by atoms with Crippen molar-refractivity contribution in [1.29, 1.82) is 0 Å². The van der Waals surface area contributed by atoms with E-state index >= 15 is 0 Å². The number of carbonyl (C=O) groups is 1. The lowest BCUT2D eigenvalue weighted by Crippen LogP contribution is -2.50. The summed E-state index contributed by atoms with van der Waals surface area (Å²) in [5.74, 6) is -0.252. The highest BCUT2D eigenvalue weighted by atomic mass is 16.5. The number of nitrogens with one attached hydrogen (secondary N) is 1. The lowest BCUT2D eigenvalue weighted by Gasteiger charge is -2.40. The Kier molecular flexibility index (Phi) is 5.13. The molecule has 1 unspecified atom stereocenters. The van der Waals surface area contributed by atoms with E-state index in [4.69, 9.17) is 10.5 Å². The number of hydrogen-bond donors (Lipinski definition) is 3. The topological polar surface area (TPSA) is 84.6 Å². The molecule has 1 aliphatic carbocycles. The molecule has 0 saturated heterocycles. The predicted molar refractivity (Wildman–Crippen MR) is 70.1 cm³/mol. The Hall–Kier alpha value is -0.650. The summed E-state index contributed by atoms with van der Waals surface area (Å²) in [5.41, 5.74) is 4.93. The molecule has 1 aliphatic rings. The van der Waals surface area contributed by atoms with Crippen LogP contribution in [-0.2, 0) is 9.53 Å². The fourth-order valence-electron chi connectivity index (χ4n) is 2.24. The molecular weight excluding hydrogens is 232 g/mol. The molecule has 4 N–H and O–H groups in total. The number of methoxy groups -OCH3 is 1. The maximum Gasteiger partial charge on any atom is 0.250 e. The quantitative estimate of drug-likeness (QED) is 0.667. The van der Waals surface area contributed by atoms with Crippen LogP contribution in [0.4, 0.5) is 0 Å². The van der Waals surface area contributed by atoms with E-state index in [2.05, 4.69) is 19.2 Å². The maximum atomic E-state index is 11.7. The largest absolute Gasteiger partial charge is 0.388 e. The molecule has 1 amide bonds. The second kappa shape index (κ2) is 5.99. The van der Waals surface area contributed by atoms with Crippen molar-refractivity contribution in [3.8, 4) is 0 Å². The molecule has 0 aromatic rings.